The zero-order valence-corrected chi connectivity index (χ0v) is 21.5. The molecule has 0 aliphatic heterocycles. The van der Waals surface area contributed by atoms with Gasteiger partial charge < -0.3 is 10.2 Å². The Hall–Kier alpha value is -3.72. The molecule has 2 amide bonds. The van der Waals surface area contributed by atoms with Crippen molar-refractivity contribution >= 4 is 27.5 Å². The van der Waals surface area contributed by atoms with Crippen LogP contribution in [0, 0.1) is 19.7 Å². The van der Waals surface area contributed by atoms with Gasteiger partial charge in [-0.25, -0.2) is 12.8 Å². The summed E-state index contributed by atoms with van der Waals surface area (Å²) >= 11 is 0. The fourth-order valence-electron chi connectivity index (χ4n) is 3.84. The van der Waals surface area contributed by atoms with Crippen molar-refractivity contribution in [1.29, 1.82) is 0 Å². The maximum absolute atomic E-state index is 14.5. The van der Waals surface area contributed by atoms with E-state index >= 15 is 0 Å². The number of aryl methyl sites for hydroxylation is 1. The highest BCUT2D eigenvalue weighted by Gasteiger charge is 2.33. The lowest BCUT2D eigenvalue weighted by atomic mass is 10.1. The molecular formula is C27H30FN3O4S. The molecule has 0 bridgehead atoms. The third kappa shape index (κ3) is 5.73. The Bertz CT molecular complexity index is 1350. The van der Waals surface area contributed by atoms with Crippen molar-refractivity contribution in [2.45, 2.75) is 38.3 Å². The summed E-state index contributed by atoms with van der Waals surface area (Å²) < 4.78 is 43.0. The first kappa shape index (κ1) is 26.9. The minimum Gasteiger partial charge on any atom is -0.357 e. The van der Waals surface area contributed by atoms with Crippen molar-refractivity contribution in [2.24, 2.45) is 0 Å². The number of likely N-dealkylation sites (N-methyl/N-ethyl adjacent to an activating group) is 1. The number of hydrogen-bond acceptors (Lipinski definition) is 4. The van der Waals surface area contributed by atoms with Crippen LogP contribution in [0.25, 0.3) is 0 Å². The predicted molar refractivity (Wildman–Crippen MR) is 137 cm³/mol. The molecule has 0 saturated heterocycles. The van der Waals surface area contributed by atoms with E-state index in [2.05, 4.69) is 5.32 Å². The van der Waals surface area contributed by atoms with E-state index in [4.69, 9.17) is 0 Å². The van der Waals surface area contributed by atoms with Gasteiger partial charge in [0.15, 0.2) is 0 Å². The normalized spacial score (nSPS) is 12.0. The first-order valence-electron chi connectivity index (χ1n) is 11.5. The number of benzene rings is 3. The molecule has 3 aromatic rings. The first-order valence-corrected chi connectivity index (χ1v) is 12.9. The lowest BCUT2D eigenvalue weighted by Crippen LogP contribution is -2.51. The van der Waals surface area contributed by atoms with Gasteiger partial charge in [-0.15, -0.1) is 0 Å². The van der Waals surface area contributed by atoms with E-state index in [-0.39, 0.29) is 17.0 Å². The van der Waals surface area contributed by atoms with E-state index in [0.717, 1.165) is 9.87 Å². The SMILES string of the molecule is CNC(=O)C(C)N(Cc1ccccc1F)C(=O)CN(c1cccc(C)c1C)S(=O)(=O)c1ccccc1. The van der Waals surface area contributed by atoms with Crippen molar-refractivity contribution in [3.8, 4) is 0 Å². The largest absolute Gasteiger partial charge is 0.357 e. The number of hydrogen-bond donors (Lipinski definition) is 1. The first-order chi connectivity index (χ1) is 17.1. The molecular weight excluding hydrogens is 481 g/mol. The molecule has 0 fully saturated rings. The molecule has 0 spiro atoms. The number of sulfonamides is 1. The number of nitrogens with zero attached hydrogens (tertiary/aromatic N) is 2. The second kappa shape index (κ2) is 11.3. The van der Waals surface area contributed by atoms with Gasteiger partial charge in [0.25, 0.3) is 10.0 Å². The monoisotopic (exact) mass is 511 g/mol. The molecule has 1 N–H and O–H groups in total. The van der Waals surface area contributed by atoms with Crippen LogP contribution >= 0.6 is 0 Å². The van der Waals surface area contributed by atoms with E-state index in [1.54, 1.807) is 43.3 Å². The highest BCUT2D eigenvalue weighted by molar-refractivity contribution is 7.92. The van der Waals surface area contributed by atoms with Crippen LogP contribution in [0.1, 0.15) is 23.6 Å². The molecule has 0 radical (unpaired) electrons. The van der Waals surface area contributed by atoms with Crippen molar-refractivity contribution in [2.75, 3.05) is 17.9 Å². The molecule has 190 valence electrons. The Labute approximate surface area is 211 Å². The number of halogens is 1. The van der Waals surface area contributed by atoms with E-state index < -0.39 is 40.2 Å². The molecule has 7 nitrogen and oxygen atoms in total. The topological polar surface area (TPSA) is 86.8 Å². The van der Waals surface area contributed by atoms with Gasteiger partial charge in [0.2, 0.25) is 11.8 Å². The summed E-state index contributed by atoms with van der Waals surface area (Å²) in [6.45, 7) is 4.38. The Morgan fingerprint density at radius 3 is 2.22 bits per heavy atom. The molecule has 0 aliphatic carbocycles. The van der Waals surface area contributed by atoms with Crippen molar-refractivity contribution in [3.05, 3.63) is 95.3 Å². The Kier molecular flexibility index (Phi) is 8.47. The maximum Gasteiger partial charge on any atom is 0.264 e. The lowest BCUT2D eigenvalue weighted by molar-refractivity contribution is -0.139. The fraction of sp³-hybridized carbons (Fsp3) is 0.259. The molecule has 3 rings (SSSR count). The standard InChI is InChI=1S/C27H30FN3O4S/c1-19-11-10-16-25(20(19)2)31(36(34,35)23-13-6-5-7-14-23)18-26(32)30(21(3)27(33)29-4)17-22-12-8-9-15-24(22)28/h5-16,21H,17-18H2,1-4H3,(H,29,33). The van der Waals surface area contributed by atoms with Crippen LogP contribution in [0.15, 0.2) is 77.7 Å². The minimum atomic E-state index is -4.14. The number of anilines is 1. The molecule has 36 heavy (non-hydrogen) atoms. The van der Waals surface area contributed by atoms with Gasteiger partial charge in [0, 0.05) is 19.2 Å². The zero-order valence-electron chi connectivity index (χ0n) is 20.7. The van der Waals surface area contributed by atoms with Crippen molar-refractivity contribution < 1.29 is 22.4 Å². The van der Waals surface area contributed by atoms with Gasteiger partial charge in [-0.3, -0.25) is 13.9 Å². The number of nitrogens with one attached hydrogen (secondary N) is 1. The highest BCUT2D eigenvalue weighted by Crippen LogP contribution is 2.29. The molecule has 9 heteroatoms. The summed E-state index contributed by atoms with van der Waals surface area (Å²) in [6, 6.07) is 18.0. The minimum absolute atomic E-state index is 0.0266. The smallest absolute Gasteiger partial charge is 0.264 e. The Morgan fingerprint density at radius 1 is 0.944 bits per heavy atom. The van der Waals surface area contributed by atoms with E-state index in [1.165, 1.54) is 49.2 Å². The van der Waals surface area contributed by atoms with Crippen LogP contribution < -0.4 is 9.62 Å². The average molecular weight is 512 g/mol. The molecule has 1 atom stereocenters. The molecule has 0 saturated carbocycles. The summed E-state index contributed by atoms with van der Waals surface area (Å²) in [5, 5.41) is 2.50. The summed E-state index contributed by atoms with van der Waals surface area (Å²) in [5.41, 5.74) is 2.12. The number of carbonyl (C=O) groups is 2. The van der Waals surface area contributed by atoms with Crippen LogP contribution in [0.4, 0.5) is 10.1 Å². The van der Waals surface area contributed by atoms with Gasteiger partial charge >= 0.3 is 0 Å². The summed E-state index contributed by atoms with van der Waals surface area (Å²) in [7, 11) is -2.71. The Morgan fingerprint density at radius 2 is 1.58 bits per heavy atom. The van der Waals surface area contributed by atoms with Gasteiger partial charge in [0.05, 0.1) is 10.6 Å². The van der Waals surface area contributed by atoms with E-state index in [1.807, 2.05) is 13.0 Å². The van der Waals surface area contributed by atoms with Crippen molar-refractivity contribution in [3.63, 3.8) is 0 Å². The third-order valence-electron chi connectivity index (χ3n) is 6.17. The number of carbonyl (C=O) groups excluding carboxylic acids is 2. The molecule has 0 aromatic heterocycles. The van der Waals surface area contributed by atoms with Crippen LogP contribution in [0.5, 0.6) is 0 Å². The summed E-state index contributed by atoms with van der Waals surface area (Å²) in [5.74, 6) is -1.62. The molecule has 0 heterocycles. The van der Waals surface area contributed by atoms with Crippen LogP contribution in [0.3, 0.4) is 0 Å². The van der Waals surface area contributed by atoms with Gasteiger partial charge in [-0.1, -0.05) is 48.5 Å². The number of rotatable bonds is 9. The molecule has 1 unspecified atom stereocenters. The zero-order chi connectivity index (χ0) is 26.5. The van der Waals surface area contributed by atoms with Crippen LogP contribution in [-0.4, -0.2) is 44.8 Å². The van der Waals surface area contributed by atoms with Gasteiger partial charge in [0.1, 0.15) is 18.4 Å². The van der Waals surface area contributed by atoms with Gasteiger partial charge in [-0.2, -0.15) is 0 Å². The Balaban J connectivity index is 2.08. The number of amides is 2. The summed E-state index contributed by atoms with van der Waals surface area (Å²) in [6.07, 6.45) is 0. The quantitative estimate of drug-likeness (QED) is 0.474. The fourth-order valence-corrected chi connectivity index (χ4v) is 5.33. The molecule has 3 aromatic carbocycles. The maximum atomic E-state index is 14.5. The van der Waals surface area contributed by atoms with E-state index in [0.29, 0.717) is 11.3 Å². The van der Waals surface area contributed by atoms with Gasteiger partial charge in [-0.05, 0) is 56.2 Å². The molecule has 0 aliphatic rings. The van der Waals surface area contributed by atoms with Crippen LogP contribution in [0.2, 0.25) is 0 Å². The third-order valence-corrected chi connectivity index (χ3v) is 7.94. The van der Waals surface area contributed by atoms with E-state index in [9.17, 15) is 22.4 Å². The highest BCUT2D eigenvalue weighted by atomic mass is 32.2. The second-order valence-corrected chi connectivity index (χ2v) is 10.3. The summed E-state index contributed by atoms with van der Waals surface area (Å²) in [4.78, 5) is 27.4. The van der Waals surface area contributed by atoms with Crippen LogP contribution in [-0.2, 0) is 26.2 Å². The predicted octanol–water partition coefficient (Wildman–Crippen LogP) is 3.80. The van der Waals surface area contributed by atoms with Crippen molar-refractivity contribution in [1.82, 2.24) is 10.2 Å². The lowest BCUT2D eigenvalue weighted by Gasteiger charge is -2.32. The second-order valence-electron chi connectivity index (χ2n) is 8.45. The average Bonchev–Trinajstić information content (AvgIpc) is 2.88.